The van der Waals surface area contributed by atoms with Crippen LogP contribution in [0.4, 0.5) is 0 Å². The summed E-state index contributed by atoms with van der Waals surface area (Å²) in [5.74, 6) is -1.60. The van der Waals surface area contributed by atoms with Gasteiger partial charge in [0.05, 0.1) is 42.6 Å². The molecule has 0 aliphatic carbocycles. The van der Waals surface area contributed by atoms with Crippen LogP contribution in [0.3, 0.4) is 0 Å². The molecule has 0 amide bonds. The third-order valence-electron chi connectivity index (χ3n) is 5.32. The fourth-order valence-corrected chi connectivity index (χ4v) is 3.01. The lowest BCUT2D eigenvalue weighted by Gasteiger charge is -2.02. The first-order valence-electron chi connectivity index (χ1n) is 13.7. The summed E-state index contributed by atoms with van der Waals surface area (Å²) in [6.45, 7) is 4.47. The Hall–Kier alpha value is -6.04. The van der Waals surface area contributed by atoms with Gasteiger partial charge in [-0.25, -0.2) is 19.2 Å². The molecule has 0 spiro atoms. The zero-order valence-electron chi connectivity index (χ0n) is 25.5. The minimum atomic E-state index is -0.986. The molecule has 12 heteroatoms. The van der Waals surface area contributed by atoms with Gasteiger partial charge in [0.1, 0.15) is 23.0 Å². The number of carboxylic acid groups (broad SMARTS) is 1. The molecule has 0 aliphatic rings. The number of hydrogen-bond acceptors (Lipinski definition) is 11. The van der Waals surface area contributed by atoms with Gasteiger partial charge >= 0.3 is 23.9 Å². The lowest BCUT2D eigenvalue weighted by atomic mass is 10.2. The van der Waals surface area contributed by atoms with Gasteiger partial charge in [0.25, 0.3) is 0 Å². The number of phenols is 4. The highest BCUT2D eigenvalue weighted by Crippen LogP contribution is 2.12. The molecule has 0 saturated carbocycles. The van der Waals surface area contributed by atoms with Crippen molar-refractivity contribution in [1.29, 1.82) is 0 Å². The third kappa shape index (κ3) is 14.9. The van der Waals surface area contributed by atoms with E-state index in [1.807, 2.05) is 6.92 Å². The number of carboxylic acids is 1. The number of esters is 3. The third-order valence-corrected chi connectivity index (χ3v) is 5.32. The molecule has 4 aromatic carbocycles. The highest BCUT2D eigenvalue weighted by atomic mass is 16.5. The summed E-state index contributed by atoms with van der Waals surface area (Å²) in [6, 6.07) is 23.2. The van der Waals surface area contributed by atoms with Crippen molar-refractivity contribution in [3.05, 3.63) is 119 Å². The Bertz CT molecular complexity index is 1500. The Labute approximate surface area is 265 Å². The van der Waals surface area contributed by atoms with Gasteiger partial charge in [-0.05, 0) is 110 Å². The molecule has 244 valence electrons. The normalized spacial score (nSPS) is 9.37. The minimum absolute atomic E-state index is 0.0741. The topological polar surface area (TPSA) is 197 Å². The standard InChI is InChI=1S/C10H12O3.C9H10O3.C8H8O3.C7H6O3/c1-2-7-13-10(12)8-3-5-9(11)6-4-8;1-2-12-9(11)7-3-5-8(10)6-4-7;1-11-8(10)6-2-4-7(9)5-3-6;8-6-3-1-5(2-4-6)7(9)10/h3-6,11H,2,7H2,1H3;3-6,10H,2H2,1H3;2-5,9H,1H3;1-4,8H,(H,9,10). The largest absolute Gasteiger partial charge is 0.508 e. The monoisotopic (exact) mass is 636 g/mol. The summed E-state index contributed by atoms with van der Waals surface area (Å²) < 4.78 is 14.1. The predicted octanol–water partition coefficient (Wildman–Crippen LogP) is 5.80. The van der Waals surface area contributed by atoms with E-state index in [0.717, 1.165) is 6.42 Å². The zero-order chi connectivity index (χ0) is 34.5. The molecular weight excluding hydrogens is 600 g/mol. The van der Waals surface area contributed by atoms with Gasteiger partial charge in [-0.1, -0.05) is 6.92 Å². The van der Waals surface area contributed by atoms with E-state index in [0.29, 0.717) is 29.9 Å². The van der Waals surface area contributed by atoms with Gasteiger partial charge in [0, 0.05) is 0 Å². The average molecular weight is 637 g/mol. The second-order valence-electron chi connectivity index (χ2n) is 8.84. The molecule has 0 bridgehead atoms. The van der Waals surface area contributed by atoms with Crippen molar-refractivity contribution in [2.75, 3.05) is 20.3 Å². The van der Waals surface area contributed by atoms with Gasteiger partial charge in [-0.3, -0.25) is 0 Å². The second-order valence-corrected chi connectivity index (χ2v) is 8.84. The molecule has 5 N–H and O–H groups in total. The lowest BCUT2D eigenvalue weighted by Crippen LogP contribution is -2.05. The smallest absolute Gasteiger partial charge is 0.338 e. The van der Waals surface area contributed by atoms with E-state index in [9.17, 15) is 19.2 Å². The van der Waals surface area contributed by atoms with Crippen molar-refractivity contribution in [2.45, 2.75) is 20.3 Å². The quantitative estimate of drug-likeness (QED) is 0.121. The number of rotatable bonds is 7. The van der Waals surface area contributed by atoms with E-state index in [1.165, 1.54) is 104 Å². The molecule has 0 fully saturated rings. The molecule has 4 aromatic rings. The maximum Gasteiger partial charge on any atom is 0.338 e. The van der Waals surface area contributed by atoms with E-state index in [4.69, 9.17) is 35.0 Å². The van der Waals surface area contributed by atoms with E-state index >= 15 is 0 Å². The number of methoxy groups -OCH3 is 1. The molecule has 0 atom stereocenters. The molecule has 0 aliphatic heterocycles. The van der Waals surface area contributed by atoms with Crippen LogP contribution < -0.4 is 0 Å². The van der Waals surface area contributed by atoms with Crippen LogP contribution in [0.15, 0.2) is 97.1 Å². The summed E-state index contributed by atoms with van der Waals surface area (Å²) in [4.78, 5) is 43.3. The van der Waals surface area contributed by atoms with Gasteiger partial charge in [0.15, 0.2) is 0 Å². The van der Waals surface area contributed by atoms with Crippen molar-refractivity contribution < 1.29 is 58.9 Å². The summed E-state index contributed by atoms with van der Waals surface area (Å²) in [5, 5.41) is 43.9. The highest BCUT2D eigenvalue weighted by molar-refractivity contribution is 5.90. The fourth-order valence-electron chi connectivity index (χ4n) is 3.01. The number of hydrogen-bond donors (Lipinski definition) is 5. The second kappa shape index (κ2) is 20.8. The van der Waals surface area contributed by atoms with Crippen LogP contribution in [0.25, 0.3) is 0 Å². The fraction of sp³-hybridized carbons (Fsp3) is 0.176. The molecule has 46 heavy (non-hydrogen) atoms. The van der Waals surface area contributed by atoms with Crippen LogP contribution in [-0.4, -0.2) is 69.7 Å². The number of aromatic hydroxyl groups is 4. The van der Waals surface area contributed by atoms with Crippen LogP contribution in [0, 0.1) is 0 Å². The Balaban J connectivity index is 0.000000308. The van der Waals surface area contributed by atoms with Crippen molar-refractivity contribution in [1.82, 2.24) is 0 Å². The van der Waals surface area contributed by atoms with Gasteiger partial charge in [-0.2, -0.15) is 0 Å². The summed E-state index contributed by atoms with van der Waals surface area (Å²) in [7, 11) is 1.31. The number of aromatic carboxylic acids is 1. The molecule has 4 rings (SSSR count). The Kier molecular flexibility index (Phi) is 17.2. The van der Waals surface area contributed by atoms with Crippen molar-refractivity contribution in [3.8, 4) is 23.0 Å². The maximum absolute atomic E-state index is 11.2. The van der Waals surface area contributed by atoms with Crippen LogP contribution in [0.1, 0.15) is 61.7 Å². The molecule has 12 nitrogen and oxygen atoms in total. The number of ether oxygens (including phenoxy) is 3. The first-order chi connectivity index (χ1) is 21.9. The summed E-state index contributed by atoms with van der Waals surface area (Å²) >= 11 is 0. The van der Waals surface area contributed by atoms with Gasteiger partial charge in [0.2, 0.25) is 0 Å². The Morgan fingerprint density at radius 1 is 0.500 bits per heavy atom. The van der Waals surface area contributed by atoms with Crippen molar-refractivity contribution in [3.63, 3.8) is 0 Å². The van der Waals surface area contributed by atoms with E-state index in [2.05, 4.69) is 4.74 Å². The number of carbonyl (C=O) groups is 4. The van der Waals surface area contributed by atoms with Crippen molar-refractivity contribution >= 4 is 23.9 Å². The molecule has 0 unspecified atom stereocenters. The first-order valence-corrected chi connectivity index (χ1v) is 13.7. The van der Waals surface area contributed by atoms with Crippen LogP contribution in [0.2, 0.25) is 0 Å². The predicted molar refractivity (Wildman–Crippen MR) is 167 cm³/mol. The van der Waals surface area contributed by atoms with Crippen molar-refractivity contribution in [2.24, 2.45) is 0 Å². The summed E-state index contributed by atoms with van der Waals surface area (Å²) in [6.07, 6.45) is 0.809. The molecule has 0 aromatic heterocycles. The first kappa shape index (κ1) is 38.0. The molecular formula is C34H36O12. The molecule has 0 saturated heterocycles. The van der Waals surface area contributed by atoms with Gasteiger partial charge < -0.3 is 39.7 Å². The zero-order valence-corrected chi connectivity index (χ0v) is 25.5. The Morgan fingerprint density at radius 2 is 0.804 bits per heavy atom. The SMILES string of the molecule is CCCOC(=O)c1ccc(O)cc1.CCOC(=O)c1ccc(O)cc1.COC(=O)c1ccc(O)cc1.O=C(O)c1ccc(O)cc1. The van der Waals surface area contributed by atoms with E-state index < -0.39 is 11.9 Å². The molecule has 0 radical (unpaired) electrons. The average Bonchev–Trinajstić information content (AvgIpc) is 3.05. The van der Waals surface area contributed by atoms with Crippen LogP contribution in [-0.2, 0) is 14.2 Å². The maximum atomic E-state index is 11.2. The lowest BCUT2D eigenvalue weighted by molar-refractivity contribution is 0.0501. The highest BCUT2D eigenvalue weighted by Gasteiger charge is 2.06. The van der Waals surface area contributed by atoms with Crippen LogP contribution >= 0.6 is 0 Å². The minimum Gasteiger partial charge on any atom is -0.508 e. The number of benzene rings is 4. The molecule has 0 heterocycles. The number of phenolic OH excluding ortho intramolecular Hbond substituents is 4. The van der Waals surface area contributed by atoms with E-state index in [-0.39, 0.29) is 40.5 Å². The van der Waals surface area contributed by atoms with Crippen LogP contribution in [0.5, 0.6) is 23.0 Å². The van der Waals surface area contributed by atoms with E-state index in [1.54, 1.807) is 6.92 Å². The summed E-state index contributed by atoms with van der Waals surface area (Å²) in [5.41, 5.74) is 1.53. The van der Waals surface area contributed by atoms with Gasteiger partial charge in [-0.15, -0.1) is 0 Å². The number of carbonyl (C=O) groups excluding carboxylic acids is 3. The Morgan fingerprint density at radius 3 is 1.09 bits per heavy atom.